The monoisotopic (exact) mass is 1080 g/mol. The number of hydrogen-bond acceptors (Lipinski definition) is 1. The lowest BCUT2D eigenvalue weighted by Gasteiger charge is -2.33. The fourth-order valence-corrected chi connectivity index (χ4v) is 12.1. The summed E-state index contributed by atoms with van der Waals surface area (Å²) in [5, 5.41) is 0. The molecule has 0 spiro atoms. The van der Waals surface area contributed by atoms with Crippen molar-refractivity contribution < 1.29 is 0 Å². The molecule has 1 nitrogen and oxygen atoms in total. The minimum absolute atomic E-state index is 0.00720. The molecule has 1 aliphatic carbocycles. The molecule has 82 heavy (non-hydrogen) atoms. The van der Waals surface area contributed by atoms with Gasteiger partial charge in [-0.3, -0.25) is 0 Å². The smallest absolute Gasteiger partial charge is 0.0549 e. The Morgan fingerprint density at radius 1 is 0.256 bits per heavy atom. The minimum atomic E-state index is -0.199. The van der Waals surface area contributed by atoms with E-state index in [1.54, 1.807) is 0 Å². The van der Waals surface area contributed by atoms with E-state index in [0.29, 0.717) is 0 Å². The van der Waals surface area contributed by atoms with Gasteiger partial charge in [-0.2, -0.15) is 0 Å². The molecule has 0 amide bonds. The van der Waals surface area contributed by atoms with Crippen molar-refractivity contribution in [1.29, 1.82) is 0 Å². The summed E-state index contributed by atoms with van der Waals surface area (Å²) in [5.74, 6) is 0. The van der Waals surface area contributed by atoms with Gasteiger partial charge >= 0.3 is 0 Å². The maximum Gasteiger partial charge on any atom is 0.0549 e. The van der Waals surface area contributed by atoms with Crippen LogP contribution in [0.2, 0.25) is 0 Å². The Kier molecular flexibility index (Phi) is 14.6. The summed E-state index contributed by atoms with van der Waals surface area (Å²) < 4.78 is 0. The van der Waals surface area contributed by atoms with Gasteiger partial charge in [0.1, 0.15) is 0 Å². The second-order valence-corrected chi connectivity index (χ2v) is 30.5. The third-order valence-electron chi connectivity index (χ3n) is 17.5. The summed E-state index contributed by atoms with van der Waals surface area (Å²) in [5.41, 5.74) is 28.3. The zero-order valence-corrected chi connectivity index (χ0v) is 53.3. The van der Waals surface area contributed by atoms with Crippen molar-refractivity contribution in [1.82, 2.24) is 0 Å². The van der Waals surface area contributed by atoms with Crippen molar-refractivity contribution in [3.05, 3.63) is 233 Å². The summed E-state index contributed by atoms with van der Waals surface area (Å²) in [7, 11) is 0. The minimum Gasteiger partial charge on any atom is -0.310 e. The van der Waals surface area contributed by atoms with E-state index < -0.39 is 0 Å². The first-order valence-corrected chi connectivity index (χ1v) is 30.1. The Bertz CT molecular complexity index is 3840. The lowest BCUT2D eigenvalue weighted by Crippen LogP contribution is -2.18. The third kappa shape index (κ3) is 11.5. The lowest BCUT2D eigenvalue weighted by molar-refractivity contribution is 0.569. The van der Waals surface area contributed by atoms with Crippen molar-refractivity contribution in [2.45, 2.75) is 176 Å². The first-order chi connectivity index (χ1) is 38.2. The highest BCUT2D eigenvalue weighted by Crippen LogP contribution is 2.54. The lowest BCUT2D eigenvalue weighted by atomic mass is 9.77. The molecule has 0 saturated carbocycles. The maximum atomic E-state index is 2.59. The number of nitrogens with zero attached hydrogens (tertiary/aromatic N) is 1. The van der Waals surface area contributed by atoms with Crippen LogP contribution >= 0.6 is 0 Å². The topological polar surface area (TPSA) is 3.24 Å². The predicted molar refractivity (Wildman–Crippen MR) is 358 cm³/mol. The molecular formula is C81H91N. The van der Waals surface area contributed by atoms with Gasteiger partial charge in [-0.25, -0.2) is 0 Å². The van der Waals surface area contributed by atoms with Gasteiger partial charge in [0.05, 0.1) is 5.69 Å². The number of rotatable bonds is 8. The van der Waals surface area contributed by atoms with Gasteiger partial charge in [0, 0.05) is 22.4 Å². The van der Waals surface area contributed by atoms with Crippen LogP contribution in [0.3, 0.4) is 0 Å². The molecule has 9 aromatic carbocycles. The van der Waals surface area contributed by atoms with Crippen LogP contribution in [-0.4, -0.2) is 0 Å². The molecule has 10 rings (SSSR count). The highest BCUT2D eigenvalue weighted by atomic mass is 15.1. The Labute approximate surface area is 494 Å². The van der Waals surface area contributed by atoms with Crippen LogP contribution in [0, 0.1) is 0 Å². The van der Waals surface area contributed by atoms with Crippen molar-refractivity contribution in [3.8, 4) is 66.8 Å². The standard InChI is InChI=1S/C81H91N/c1-75(2,3)60-32-26-30-53(40-60)54-31-27-33-66(47-54)82(67-36-37-69-68-34-24-25-35-71(68)81(19,20)72(69)51-67)73-50-65(80(16,17)18)49-70(74(73)52-28-22-21-23-29-52)59-39-57(43-62(46-59)77(7,8)9)55-38-56(42-61(41-55)76(4,5)6)58-44-63(78(10,11)12)48-64(45-58)79(13,14)15/h21-51H,1-20H3. The molecular weight excluding hydrogens is 987 g/mol. The van der Waals surface area contributed by atoms with Gasteiger partial charge in [-0.1, -0.05) is 278 Å². The molecule has 0 unspecified atom stereocenters. The van der Waals surface area contributed by atoms with Crippen LogP contribution in [0.15, 0.2) is 188 Å². The molecule has 420 valence electrons. The molecule has 0 fully saturated rings. The van der Waals surface area contributed by atoms with Gasteiger partial charge in [-0.15, -0.1) is 0 Å². The molecule has 9 aromatic rings. The zero-order chi connectivity index (χ0) is 59.3. The van der Waals surface area contributed by atoms with Crippen LogP contribution in [0.4, 0.5) is 17.1 Å². The van der Waals surface area contributed by atoms with Crippen molar-refractivity contribution in [3.63, 3.8) is 0 Å². The molecule has 0 bridgehead atoms. The number of fused-ring (bicyclic) bond motifs is 3. The van der Waals surface area contributed by atoms with Crippen LogP contribution in [0.5, 0.6) is 0 Å². The number of anilines is 3. The number of benzene rings is 9. The van der Waals surface area contributed by atoms with E-state index in [1.165, 1.54) is 111 Å². The quantitative estimate of drug-likeness (QED) is 0.147. The van der Waals surface area contributed by atoms with Gasteiger partial charge in [-0.05, 0) is 187 Å². The summed E-state index contributed by atoms with van der Waals surface area (Å²) >= 11 is 0. The van der Waals surface area contributed by atoms with Crippen LogP contribution in [0.25, 0.3) is 66.8 Å². The summed E-state index contributed by atoms with van der Waals surface area (Å²) in [6.07, 6.45) is 0. The normalized spacial score (nSPS) is 13.7. The largest absolute Gasteiger partial charge is 0.310 e. The van der Waals surface area contributed by atoms with Gasteiger partial charge in [0.15, 0.2) is 0 Å². The zero-order valence-electron chi connectivity index (χ0n) is 53.3. The first kappa shape index (κ1) is 58.0. The van der Waals surface area contributed by atoms with Gasteiger partial charge < -0.3 is 4.90 Å². The van der Waals surface area contributed by atoms with Gasteiger partial charge in [0.2, 0.25) is 0 Å². The second kappa shape index (κ2) is 20.6. The average molecular weight is 1080 g/mol. The van der Waals surface area contributed by atoms with Crippen molar-refractivity contribution in [2.75, 3.05) is 4.90 Å². The van der Waals surface area contributed by atoms with Crippen LogP contribution < -0.4 is 4.90 Å². The van der Waals surface area contributed by atoms with Crippen molar-refractivity contribution in [2.24, 2.45) is 0 Å². The third-order valence-corrected chi connectivity index (χ3v) is 17.5. The first-order valence-electron chi connectivity index (χ1n) is 30.1. The molecule has 0 saturated heterocycles. The Hall–Kier alpha value is -7.22. The summed E-state index contributed by atoms with van der Waals surface area (Å²) in [4.78, 5) is 2.59. The molecule has 0 aromatic heterocycles. The molecule has 1 heteroatoms. The van der Waals surface area contributed by atoms with E-state index in [1.807, 2.05) is 0 Å². The highest BCUT2D eigenvalue weighted by molar-refractivity contribution is 5.99. The maximum absolute atomic E-state index is 2.59. The van der Waals surface area contributed by atoms with Gasteiger partial charge in [0.25, 0.3) is 0 Å². The van der Waals surface area contributed by atoms with Crippen LogP contribution in [0.1, 0.15) is 183 Å². The van der Waals surface area contributed by atoms with E-state index in [2.05, 4.69) is 331 Å². The average Bonchev–Trinajstić information content (AvgIpc) is 3.30. The molecule has 0 aliphatic heterocycles. The summed E-state index contributed by atoms with van der Waals surface area (Å²) in [6, 6.07) is 73.2. The molecule has 0 N–H and O–H groups in total. The van der Waals surface area contributed by atoms with Crippen LogP contribution in [-0.2, 0) is 37.9 Å². The van der Waals surface area contributed by atoms with E-state index in [-0.39, 0.29) is 37.9 Å². The van der Waals surface area contributed by atoms with E-state index in [4.69, 9.17) is 0 Å². The Morgan fingerprint density at radius 3 is 1.21 bits per heavy atom. The Balaban J connectivity index is 1.29. The molecule has 1 aliphatic rings. The molecule has 0 heterocycles. The molecule has 0 atom stereocenters. The number of hydrogen-bond donors (Lipinski definition) is 0. The van der Waals surface area contributed by atoms with Crippen molar-refractivity contribution >= 4 is 17.1 Å². The van der Waals surface area contributed by atoms with E-state index >= 15 is 0 Å². The molecule has 0 radical (unpaired) electrons. The predicted octanol–water partition coefficient (Wildman–Crippen LogP) is 23.6. The Morgan fingerprint density at radius 2 is 0.659 bits per heavy atom. The fourth-order valence-electron chi connectivity index (χ4n) is 12.1. The highest BCUT2D eigenvalue weighted by Gasteiger charge is 2.37. The SMILES string of the molecule is CC(C)(C)c1cccc(-c2cccc(N(c3ccc4c(c3)C(C)(C)c3ccccc3-4)c3cc(C(C)(C)C)cc(-c4cc(-c5cc(-c6cc(C(C)(C)C)cc(C(C)(C)C)c6)cc(C(C)(C)C)c5)cc(C(C)(C)C)c4)c3-c3ccccc3)c2)c1. The van der Waals surface area contributed by atoms with E-state index in [0.717, 1.165) is 17.1 Å². The fraction of sp³-hybridized carbons (Fsp3) is 0.333. The second-order valence-electron chi connectivity index (χ2n) is 30.5. The van der Waals surface area contributed by atoms with E-state index in [9.17, 15) is 0 Å². The summed E-state index contributed by atoms with van der Waals surface area (Å²) in [6.45, 7) is 47.0.